The van der Waals surface area contributed by atoms with Crippen molar-refractivity contribution in [2.75, 3.05) is 17.6 Å². The Labute approximate surface area is 139 Å². The van der Waals surface area contributed by atoms with Crippen LogP contribution >= 0.6 is 11.6 Å². The normalized spacial score (nSPS) is 13.9. The third-order valence-electron chi connectivity index (χ3n) is 3.65. The molecule has 0 bridgehead atoms. The van der Waals surface area contributed by atoms with Crippen LogP contribution in [0.3, 0.4) is 0 Å². The molecule has 0 saturated heterocycles. The first kappa shape index (κ1) is 15.8. The average Bonchev–Trinajstić information content (AvgIpc) is 2.88. The van der Waals surface area contributed by atoms with Crippen LogP contribution in [0, 0.1) is 4.78 Å². The number of rotatable bonds is 4. The highest BCUT2D eigenvalue weighted by Crippen LogP contribution is 2.23. The molecule has 0 aliphatic carbocycles. The minimum atomic E-state index is -2.88. The van der Waals surface area contributed by atoms with Gasteiger partial charge in [-0.2, -0.15) is 0 Å². The molecule has 3 heterocycles. The van der Waals surface area contributed by atoms with Crippen molar-refractivity contribution in [2.45, 2.75) is 6.54 Å². The van der Waals surface area contributed by atoms with Gasteiger partial charge in [-0.3, -0.25) is 4.31 Å². The van der Waals surface area contributed by atoms with Gasteiger partial charge in [-0.05, 0) is 18.2 Å². The Hall–Kier alpha value is -2.12. The molecule has 1 N–H and O–H groups in total. The maximum Gasteiger partial charge on any atom is 0.145 e. The van der Waals surface area contributed by atoms with Gasteiger partial charge in [-0.15, -0.1) is 0 Å². The van der Waals surface area contributed by atoms with E-state index in [9.17, 15) is 4.21 Å². The van der Waals surface area contributed by atoms with E-state index in [1.165, 1.54) is 10.6 Å². The molecule has 0 spiro atoms. The molecule has 1 unspecified atom stereocenters. The van der Waals surface area contributed by atoms with Crippen molar-refractivity contribution in [3.05, 3.63) is 53.6 Å². The number of halogens is 1. The van der Waals surface area contributed by atoms with Gasteiger partial charge in [-0.25, -0.2) is 19.0 Å². The van der Waals surface area contributed by atoms with Crippen LogP contribution in [-0.4, -0.2) is 32.0 Å². The average molecular weight is 350 g/mol. The molecule has 0 aliphatic heterocycles. The van der Waals surface area contributed by atoms with Crippen LogP contribution in [0.25, 0.3) is 10.9 Å². The van der Waals surface area contributed by atoms with Crippen molar-refractivity contribution >= 4 is 38.2 Å². The number of nitrogens with one attached hydrogen (secondary N) is 1. The highest BCUT2D eigenvalue weighted by atomic mass is 35.5. The molecule has 0 aromatic carbocycles. The number of fused-ring (bicyclic) bond motifs is 1. The van der Waals surface area contributed by atoms with E-state index in [2.05, 4.69) is 9.97 Å². The van der Waals surface area contributed by atoms with Crippen molar-refractivity contribution in [3.63, 3.8) is 0 Å². The third-order valence-corrected chi connectivity index (χ3v) is 5.08. The monoisotopic (exact) mass is 349 g/mol. The van der Waals surface area contributed by atoms with Crippen molar-refractivity contribution in [1.82, 2.24) is 14.5 Å². The first-order valence-corrected chi connectivity index (χ1v) is 9.18. The second-order valence-corrected chi connectivity index (χ2v) is 7.84. The first-order chi connectivity index (χ1) is 10.9. The quantitative estimate of drug-likeness (QED) is 0.735. The summed E-state index contributed by atoms with van der Waals surface area (Å²) in [7, 11) is -1.26. The van der Waals surface area contributed by atoms with Crippen LogP contribution < -0.4 is 4.31 Å². The third kappa shape index (κ3) is 3.16. The van der Waals surface area contributed by atoms with Gasteiger partial charge in [-0.1, -0.05) is 17.7 Å². The predicted octanol–water partition coefficient (Wildman–Crippen LogP) is 3.16. The minimum Gasteiger partial charge on any atom is -0.343 e. The van der Waals surface area contributed by atoms with Crippen LogP contribution in [-0.2, 0) is 16.5 Å². The van der Waals surface area contributed by atoms with Crippen LogP contribution in [0.15, 0.2) is 42.9 Å². The zero-order chi connectivity index (χ0) is 16.6. The van der Waals surface area contributed by atoms with Crippen LogP contribution in [0.5, 0.6) is 0 Å². The summed E-state index contributed by atoms with van der Waals surface area (Å²) < 4.78 is 23.2. The van der Waals surface area contributed by atoms with Crippen molar-refractivity contribution in [3.8, 4) is 0 Å². The van der Waals surface area contributed by atoms with E-state index in [0.717, 1.165) is 16.5 Å². The van der Waals surface area contributed by atoms with Gasteiger partial charge in [0.25, 0.3) is 0 Å². The van der Waals surface area contributed by atoms with Crippen molar-refractivity contribution < 1.29 is 4.21 Å². The lowest BCUT2D eigenvalue weighted by molar-refractivity contribution is 0.677. The largest absolute Gasteiger partial charge is 0.343 e. The molecule has 8 heteroatoms. The highest BCUT2D eigenvalue weighted by molar-refractivity contribution is 7.93. The SMILES string of the molecule is CN(c1ncccc1Cn1ccc2cnc(Cl)cc21)S(C)(=N)=O. The van der Waals surface area contributed by atoms with Gasteiger partial charge in [0.05, 0.1) is 12.1 Å². The van der Waals surface area contributed by atoms with E-state index >= 15 is 0 Å². The molecule has 0 radical (unpaired) electrons. The molecule has 0 saturated carbocycles. The Morgan fingerprint density at radius 1 is 1.39 bits per heavy atom. The fraction of sp³-hybridized carbons (Fsp3) is 0.200. The van der Waals surface area contributed by atoms with Crippen molar-refractivity contribution in [2.24, 2.45) is 0 Å². The molecule has 3 aromatic heterocycles. The van der Waals surface area contributed by atoms with Gasteiger partial charge >= 0.3 is 0 Å². The number of anilines is 1. The fourth-order valence-electron chi connectivity index (χ4n) is 2.38. The van der Waals surface area contributed by atoms with E-state index in [1.54, 1.807) is 19.4 Å². The van der Waals surface area contributed by atoms with Gasteiger partial charge < -0.3 is 4.57 Å². The molecule has 0 aliphatic rings. The van der Waals surface area contributed by atoms with Crippen molar-refractivity contribution in [1.29, 1.82) is 4.78 Å². The number of pyridine rings is 2. The molecule has 1 atom stereocenters. The van der Waals surface area contributed by atoms with Gasteiger partial charge in [0.1, 0.15) is 20.9 Å². The maximum atomic E-state index is 12.0. The lowest BCUT2D eigenvalue weighted by Crippen LogP contribution is -2.26. The molecule has 0 amide bonds. The topological polar surface area (TPSA) is 74.9 Å². The summed E-state index contributed by atoms with van der Waals surface area (Å²) in [4.78, 5) is 8.37. The number of hydrogen-bond acceptors (Lipinski definition) is 4. The summed E-state index contributed by atoms with van der Waals surface area (Å²) in [6.45, 7) is 0.535. The summed E-state index contributed by atoms with van der Waals surface area (Å²) >= 11 is 5.98. The Bertz CT molecular complexity index is 967. The molecule has 3 rings (SSSR count). The van der Waals surface area contributed by atoms with E-state index in [0.29, 0.717) is 17.5 Å². The first-order valence-electron chi connectivity index (χ1n) is 6.88. The Morgan fingerprint density at radius 3 is 2.91 bits per heavy atom. The summed E-state index contributed by atoms with van der Waals surface area (Å²) in [5.74, 6) is 0.539. The summed E-state index contributed by atoms with van der Waals surface area (Å²) in [6, 6.07) is 7.52. The maximum absolute atomic E-state index is 12.0. The molecule has 3 aromatic rings. The van der Waals surface area contributed by atoms with Gasteiger partial charge in [0.15, 0.2) is 0 Å². The summed E-state index contributed by atoms with van der Waals surface area (Å²) in [6.07, 6.45) is 6.69. The Morgan fingerprint density at radius 2 is 2.17 bits per heavy atom. The summed E-state index contributed by atoms with van der Waals surface area (Å²) in [5, 5.41) is 1.43. The zero-order valence-electron chi connectivity index (χ0n) is 12.7. The molecule has 23 heavy (non-hydrogen) atoms. The number of nitrogens with zero attached hydrogens (tertiary/aromatic N) is 4. The molecular formula is C15H16ClN5OS. The van der Waals surface area contributed by atoms with Crippen LogP contribution in [0.2, 0.25) is 5.15 Å². The lowest BCUT2D eigenvalue weighted by Gasteiger charge is -2.21. The smallest absolute Gasteiger partial charge is 0.145 e. The van der Waals surface area contributed by atoms with E-state index in [-0.39, 0.29) is 0 Å². The summed E-state index contributed by atoms with van der Waals surface area (Å²) in [5.41, 5.74) is 1.84. The second-order valence-electron chi connectivity index (χ2n) is 5.30. The minimum absolute atomic E-state index is 0.434. The molecule has 120 valence electrons. The standard InChI is InChI=1S/C15H16ClN5OS/c1-20(23(2,17)22)15-12(4-3-6-18-15)10-21-7-5-11-9-19-14(16)8-13(11)21/h3-9,17H,10H2,1-2H3. The van der Waals surface area contributed by atoms with Gasteiger partial charge in [0, 0.05) is 42.8 Å². The van der Waals surface area contributed by atoms with E-state index in [1.807, 2.05) is 35.0 Å². The van der Waals surface area contributed by atoms with E-state index in [4.69, 9.17) is 16.4 Å². The zero-order valence-corrected chi connectivity index (χ0v) is 14.3. The second kappa shape index (κ2) is 5.82. The molecule has 6 nitrogen and oxygen atoms in total. The van der Waals surface area contributed by atoms with E-state index < -0.39 is 9.92 Å². The number of aromatic nitrogens is 3. The predicted molar refractivity (Wildman–Crippen MR) is 93.3 cm³/mol. The molecule has 0 fully saturated rings. The molecular weight excluding hydrogens is 334 g/mol. The fourth-order valence-corrected chi connectivity index (χ4v) is 3.03. The van der Waals surface area contributed by atoms with Crippen LogP contribution in [0.1, 0.15) is 5.56 Å². The Kier molecular flexibility index (Phi) is 3.99. The Balaban J connectivity index is 2.05. The van der Waals surface area contributed by atoms with Gasteiger partial charge in [0.2, 0.25) is 0 Å². The highest BCUT2D eigenvalue weighted by Gasteiger charge is 2.15. The number of hydrogen-bond donors (Lipinski definition) is 1. The lowest BCUT2D eigenvalue weighted by atomic mass is 10.2. The van der Waals surface area contributed by atoms with Crippen LogP contribution in [0.4, 0.5) is 5.82 Å².